The summed E-state index contributed by atoms with van der Waals surface area (Å²) in [6, 6.07) is 9.05. The molecule has 5 heteroatoms. The van der Waals surface area contributed by atoms with E-state index in [1.54, 1.807) is 12.1 Å². The summed E-state index contributed by atoms with van der Waals surface area (Å²) in [5, 5.41) is 8.87. The topological polar surface area (TPSA) is 70.2 Å². The van der Waals surface area contributed by atoms with Crippen LogP contribution < -0.4 is 16.0 Å². The van der Waals surface area contributed by atoms with Crippen LogP contribution in [0.25, 0.3) is 0 Å². The van der Waals surface area contributed by atoms with Gasteiger partial charge in [0.25, 0.3) is 5.91 Å². The summed E-state index contributed by atoms with van der Waals surface area (Å²) in [7, 11) is 0. The van der Waals surface area contributed by atoms with Gasteiger partial charge in [0.1, 0.15) is 0 Å². The van der Waals surface area contributed by atoms with Crippen LogP contribution in [0.4, 0.5) is 0 Å². The zero-order valence-electron chi connectivity index (χ0n) is 11.5. The van der Waals surface area contributed by atoms with Crippen LogP contribution in [0, 0.1) is 5.92 Å². The zero-order chi connectivity index (χ0) is 14.2. The normalized spacial score (nSPS) is 18.3. The van der Waals surface area contributed by atoms with Gasteiger partial charge in [-0.3, -0.25) is 9.59 Å². The molecule has 0 bridgehead atoms. The Labute approximate surface area is 119 Å². The molecule has 0 saturated carbocycles. The Balaban J connectivity index is 1.64. The second kappa shape index (κ2) is 7.65. The molecule has 1 atom stereocenters. The average Bonchev–Trinajstić information content (AvgIpc) is 2.53. The van der Waals surface area contributed by atoms with E-state index in [1.165, 1.54) is 0 Å². The summed E-state index contributed by atoms with van der Waals surface area (Å²) < 4.78 is 0. The Bertz CT molecular complexity index is 442. The van der Waals surface area contributed by atoms with E-state index in [9.17, 15) is 9.59 Å². The maximum Gasteiger partial charge on any atom is 0.251 e. The highest BCUT2D eigenvalue weighted by Crippen LogP contribution is 2.09. The van der Waals surface area contributed by atoms with Crippen LogP contribution >= 0.6 is 0 Å². The van der Waals surface area contributed by atoms with Crippen molar-refractivity contribution in [1.82, 2.24) is 16.0 Å². The molecule has 5 nitrogen and oxygen atoms in total. The Morgan fingerprint density at radius 1 is 1.15 bits per heavy atom. The monoisotopic (exact) mass is 275 g/mol. The molecule has 1 aromatic carbocycles. The third kappa shape index (κ3) is 4.35. The molecule has 2 amide bonds. The fourth-order valence-electron chi connectivity index (χ4n) is 2.27. The van der Waals surface area contributed by atoms with Gasteiger partial charge >= 0.3 is 0 Å². The lowest BCUT2D eigenvalue weighted by atomic mass is 9.99. The van der Waals surface area contributed by atoms with Gasteiger partial charge in [-0.2, -0.15) is 0 Å². The number of amides is 2. The summed E-state index contributed by atoms with van der Waals surface area (Å²) in [4.78, 5) is 23.6. The number of hydrogen-bond acceptors (Lipinski definition) is 3. The minimum absolute atomic E-state index is 0.0635. The van der Waals surface area contributed by atoms with Gasteiger partial charge in [0.2, 0.25) is 5.91 Å². The van der Waals surface area contributed by atoms with Crippen molar-refractivity contribution in [2.75, 3.05) is 26.2 Å². The Morgan fingerprint density at radius 3 is 2.60 bits per heavy atom. The molecule has 20 heavy (non-hydrogen) atoms. The number of carbonyl (C=O) groups excluding carboxylic acids is 2. The van der Waals surface area contributed by atoms with Gasteiger partial charge in [0, 0.05) is 25.2 Å². The van der Waals surface area contributed by atoms with E-state index < -0.39 is 0 Å². The molecule has 0 spiro atoms. The van der Waals surface area contributed by atoms with Gasteiger partial charge in [0.05, 0.1) is 5.92 Å². The van der Waals surface area contributed by atoms with E-state index in [-0.39, 0.29) is 17.7 Å². The minimum Gasteiger partial charge on any atom is -0.354 e. The molecule has 1 saturated heterocycles. The first-order valence-electron chi connectivity index (χ1n) is 7.09. The Hall–Kier alpha value is -1.88. The quantitative estimate of drug-likeness (QED) is 0.687. The second-order valence-corrected chi connectivity index (χ2v) is 4.96. The minimum atomic E-state index is -0.112. The molecule has 0 aromatic heterocycles. The van der Waals surface area contributed by atoms with Crippen LogP contribution in [0.15, 0.2) is 30.3 Å². The van der Waals surface area contributed by atoms with E-state index in [4.69, 9.17) is 0 Å². The summed E-state index contributed by atoms with van der Waals surface area (Å²) in [6.07, 6.45) is 1.98. The van der Waals surface area contributed by atoms with Crippen molar-refractivity contribution in [3.8, 4) is 0 Å². The Morgan fingerprint density at radius 2 is 1.90 bits per heavy atom. The van der Waals surface area contributed by atoms with E-state index >= 15 is 0 Å². The lowest BCUT2D eigenvalue weighted by Gasteiger charge is -2.21. The van der Waals surface area contributed by atoms with E-state index in [2.05, 4.69) is 16.0 Å². The number of piperidine rings is 1. The predicted octanol–water partition coefficient (Wildman–Crippen LogP) is 0.532. The molecule has 1 heterocycles. The SMILES string of the molecule is O=C(NCCNC(=O)C1CCCNC1)c1ccccc1. The predicted molar refractivity (Wildman–Crippen MR) is 77.4 cm³/mol. The maximum atomic E-state index is 11.8. The fraction of sp³-hybridized carbons (Fsp3) is 0.467. The van der Waals surface area contributed by atoms with Crippen LogP contribution in [-0.2, 0) is 4.79 Å². The number of carbonyl (C=O) groups is 2. The third-order valence-electron chi connectivity index (χ3n) is 3.41. The van der Waals surface area contributed by atoms with Crippen molar-refractivity contribution in [3.05, 3.63) is 35.9 Å². The van der Waals surface area contributed by atoms with Crippen molar-refractivity contribution in [1.29, 1.82) is 0 Å². The summed E-state index contributed by atoms with van der Waals surface area (Å²) in [5.41, 5.74) is 0.635. The highest BCUT2D eigenvalue weighted by atomic mass is 16.2. The zero-order valence-corrected chi connectivity index (χ0v) is 11.5. The van der Waals surface area contributed by atoms with Gasteiger partial charge in [-0.15, -0.1) is 0 Å². The largest absolute Gasteiger partial charge is 0.354 e. The number of hydrogen-bond donors (Lipinski definition) is 3. The van der Waals surface area contributed by atoms with Crippen molar-refractivity contribution < 1.29 is 9.59 Å². The molecule has 1 aliphatic rings. The standard InChI is InChI=1S/C15H21N3O2/c19-14(12-5-2-1-3-6-12)17-9-10-18-15(20)13-7-4-8-16-11-13/h1-3,5-6,13,16H,4,7-11H2,(H,17,19)(H,18,20). The lowest BCUT2D eigenvalue weighted by molar-refractivity contribution is -0.125. The smallest absolute Gasteiger partial charge is 0.251 e. The van der Waals surface area contributed by atoms with Gasteiger partial charge < -0.3 is 16.0 Å². The summed E-state index contributed by atoms with van der Waals surface area (Å²) >= 11 is 0. The van der Waals surface area contributed by atoms with Crippen molar-refractivity contribution >= 4 is 11.8 Å². The van der Waals surface area contributed by atoms with Crippen LogP contribution in [0.2, 0.25) is 0 Å². The second-order valence-electron chi connectivity index (χ2n) is 4.96. The van der Waals surface area contributed by atoms with Gasteiger partial charge in [-0.25, -0.2) is 0 Å². The van der Waals surface area contributed by atoms with Crippen molar-refractivity contribution in [2.24, 2.45) is 5.92 Å². The molecule has 0 aliphatic carbocycles. The van der Waals surface area contributed by atoms with Crippen molar-refractivity contribution in [3.63, 3.8) is 0 Å². The molecule has 2 rings (SSSR count). The molecule has 3 N–H and O–H groups in total. The van der Waals surface area contributed by atoms with E-state index in [1.807, 2.05) is 18.2 Å². The summed E-state index contributed by atoms with van der Waals surface area (Å²) in [6.45, 7) is 2.66. The van der Waals surface area contributed by atoms with Gasteiger partial charge in [-0.05, 0) is 31.5 Å². The molecular formula is C15H21N3O2. The third-order valence-corrected chi connectivity index (χ3v) is 3.41. The lowest BCUT2D eigenvalue weighted by Crippen LogP contribution is -2.42. The first-order chi connectivity index (χ1) is 9.77. The van der Waals surface area contributed by atoms with E-state index in [0.717, 1.165) is 25.9 Å². The van der Waals surface area contributed by atoms with Crippen LogP contribution in [0.3, 0.4) is 0 Å². The molecule has 108 valence electrons. The van der Waals surface area contributed by atoms with Crippen molar-refractivity contribution in [2.45, 2.75) is 12.8 Å². The average molecular weight is 275 g/mol. The number of rotatable bonds is 5. The first kappa shape index (κ1) is 14.5. The molecule has 1 unspecified atom stereocenters. The molecule has 0 radical (unpaired) electrons. The number of benzene rings is 1. The molecular weight excluding hydrogens is 254 g/mol. The van der Waals surface area contributed by atoms with Crippen LogP contribution in [-0.4, -0.2) is 38.0 Å². The molecule has 1 fully saturated rings. The van der Waals surface area contributed by atoms with Crippen LogP contribution in [0.5, 0.6) is 0 Å². The van der Waals surface area contributed by atoms with Gasteiger partial charge in [0.15, 0.2) is 0 Å². The summed E-state index contributed by atoms with van der Waals surface area (Å²) in [5.74, 6) is 0.0268. The Kier molecular flexibility index (Phi) is 5.55. The van der Waals surface area contributed by atoms with Gasteiger partial charge in [-0.1, -0.05) is 18.2 Å². The highest BCUT2D eigenvalue weighted by Gasteiger charge is 2.20. The molecule has 1 aliphatic heterocycles. The van der Waals surface area contributed by atoms with E-state index in [0.29, 0.717) is 18.7 Å². The first-order valence-corrected chi connectivity index (χ1v) is 7.09. The molecule has 1 aromatic rings. The van der Waals surface area contributed by atoms with Crippen LogP contribution in [0.1, 0.15) is 23.2 Å². The number of nitrogens with one attached hydrogen (secondary N) is 3. The highest BCUT2D eigenvalue weighted by molar-refractivity contribution is 5.94. The fourth-order valence-corrected chi connectivity index (χ4v) is 2.27. The maximum absolute atomic E-state index is 11.8.